The number of benzene rings is 4. The molecule has 1 N–H and O–H groups in total. The van der Waals surface area contributed by atoms with Crippen LogP contribution >= 0.6 is 0 Å². The zero-order chi connectivity index (χ0) is 31.9. The zero-order valence-corrected chi connectivity index (χ0v) is 26.2. The molecule has 0 aliphatic heterocycles. The van der Waals surface area contributed by atoms with E-state index in [-0.39, 0.29) is 29.5 Å². The van der Waals surface area contributed by atoms with Gasteiger partial charge in [0.25, 0.3) is 10.0 Å². The third-order valence-corrected chi connectivity index (χ3v) is 9.02. The lowest BCUT2D eigenvalue weighted by Crippen LogP contribution is -2.54. The van der Waals surface area contributed by atoms with Gasteiger partial charge in [-0.15, -0.1) is 0 Å². The topological polar surface area (TPSA) is 86.8 Å². The molecule has 0 saturated heterocycles. The molecule has 0 aliphatic rings. The number of aryl methyl sites for hydroxylation is 2. The molecule has 230 valence electrons. The van der Waals surface area contributed by atoms with Crippen molar-refractivity contribution < 1.29 is 22.4 Å². The number of carbonyl (C=O) groups excluding carboxylic acids is 2. The number of sulfonamides is 1. The molecule has 0 radical (unpaired) electrons. The summed E-state index contributed by atoms with van der Waals surface area (Å²) in [6, 6.07) is 27.3. The van der Waals surface area contributed by atoms with E-state index in [9.17, 15) is 18.0 Å². The van der Waals surface area contributed by atoms with Crippen LogP contribution in [0.3, 0.4) is 0 Å². The molecular formula is C35H38FN3O4S. The first kappa shape index (κ1) is 32.4. The van der Waals surface area contributed by atoms with Crippen LogP contribution in [0.1, 0.15) is 36.1 Å². The van der Waals surface area contributed by atoms with E-state index in [0.29, 0.717) is 11.3 Å². The molecule has 0 bridgehead atoms. The molecule has 4 aromatic carbocycles. The minimum Gasteiger partial charge on any atom is -0.352 e. The molecule has 7 nitrogen and oxygen atoms in total. The number of nitrogens with one attached hydrogen (secondary N) is 1. The Labute approximate surface area is 259 Å². The molecule has 0 spiro atoms. The SMILES string of the molecule is Cc1ccc(C)c(N(CC(=O)N(Cc2ccccc2F)C(Cc2ccccc2)C(=O)NC(C)C)S(=O)(=O)c2ccccc2)c1. The Bertz CT molecular complexity index is 1700. The van der Waals surface area contributed by atoms with E-state index in [1.807, 2.05) is 57.2 Å². The number of nitrogens with zero attached hydrogens (tertiary/aromatic N) is 2. The van der Waals surface area contributed by atoms with Gasteiger partial charge in [0, 0.05) is 24.6 Å². The van der Waals surface area contributed by atoms with Crippen LogP contribution in [-0.4, -0.2) is 43.8 Å². The van der Waals surface area contributed by atoms with Crippen molar-refractivity contribution in [3.8, 4) is 0 Å². The fraction of sp³-hybridized carbons (Fsp3) is 0.257. The first-order valence-corrected chi connectivity index (χ1v) is 15.9. The average molecular weight is 616 g/mol. The first-order valence-electron chi connectivity index (χ1n) is 14.5. The van der Waals surface area contributed by atoms with Gasteiger partial charge >= 0.3 is 0 Å². The van der Waals surface area contributed by atoms with Crippen molar-refractivity contribution in [2.24, 2.45) is 0 Å². The standard InChI is InChI=1S/C35H38FN3O4S/c1-25(2)37-35(41)33(22-28-13-7-5-8-14-28)38(23-29-15-11-12-18-31(29)36)34(40)24-39(32-21-26(3)19-20-27(32)4)44(42,43)30-16-9-6-10-17-30/h5-21,25,33H,22-24H2,1-4H3,(H,37,41). The Morgan fingerprint density at radius 1 is 0.841 bits per heavy atom. The van der Waals surface area contributed by atoms with Gasteiger partial charge in [-0.25, -0.2) is 12.8 Å². The van der Waals surface area contributed by atoms with Crippen molar-refractivity contribution in [1.29, 1.82) is 0 Å². The molecule has 4 aromatic rings. The minimum atomic E-state index is -4.22. The van der Waals surface area contributed by atoms with Crippen molar-refractivity contribution in [1.82, 2.24) is 10.2 Å². The highest BCUT2D eigenvalue weighted by Crippen LogP contribution is 2.29. The van der Waals surface area contributed by atoms with Crippen LogP contribution in [-0.2, 0) is 32.6 Å². The quantitative estimate of drug-likeness (QED) is 0.218. The van der Waals surface area contributed by atoms with E-state index in [1.54, 1.807) is 55.5 Å². The van der Waals surface area contributed by atoms with Crippen LogP contribution < -0.4 is 9.62 Å². The Morgan fingerprint density at radius 2 is 1.45 bits per heavy atom. The number of hydrogen-bond acceptors (Lipinski definition) is 4. The lowest BCUT2D eigenvalue weighted by molar-refractivity contribution is -0.140. The predicted octanol–water partition coefficient (Wildman–Crippen LogP) is 5.80. The molecule has 9 heteroatoms. The lowest BCUT2D eigenvalue weighted by Gasteiger charge is -2.34. The van der Waals surface area contributed by atoms with Gasteiger partial charge in [0.1, 0.15) is 18.4 Å². The van der Waals surface area contributed by atoms with Gasteiger partial charge in [-0.1, -0.05) is 78.9 Å². The molecule has 0 aliphatic carbocycles. The third-order valence-electron chi connectivity index (χ3n) is 7.24. The lowest BCUT2D eigenvalue weighted by atomic mass is 10.0. The average Bonchev–Trinajstić information content (AvgIpc) is 3.00. The van der Waals surface area contributed by atoms with E-state index in [4.69, 9.17) is 0 Å². The molecular weight excluding hydrogens is 577 g/mol. The number of halogens is 1. The summed E-state index contributed by atoms with van der Waals surface area (Å²) >= 11 is 0. The third kappa shape index (κ3) is 7.90. The zero-order valence-electron chi connectivity index (χ0n) is 25.4. The van der Waals surface area contributed by atoms with E-state index in [0.717, 1.165) is 15.4 Å². The molecule has 0 aromatic heterocycles. The molecule has 1 unspecified atom stereocenters. The molecule has 44 heavy (non-hydrogen) atoms. The molecule has 0 fully saturated rings. The summed E-state index contributed by atoms with van der Waals surface area (Å²) in [5.74, 6) is -1.59. The minimum absolute atomic E-state index is 0.0211. The number of rotatable bonds is 12. The van der Waals surface area contributed by atoms with Crippen molar-refractivity contribution in [3.63, 3.8) is 0 Å². The smallest absolute Gasteiger partial charge is 0.264 e. The van der Waals surface area contributed by atoms with Crippen LogP contribution in [0.4, 0.5) is 10.1 Å². The highest BCUT2D eigenvalue weighted by Gasteiger charge is 2.35. The predicted molar refractivity (Wildman–Crippen MR) is 171 cm³/mol. The van der Waals surface area contributed by atoms with E-state index < -0.39 is 40.2 Å². The van der Waals surface area contributed by atoms with Crippen molar-refractivity contribution in [2.45, 2.75) is 57.6 Å². The fourth-order valence-corrected chi connectivity index (χ4v) is 6.46. The van der Waals surface area contributed by atoms with Crippen molar-refractivity contribution in [3.05, 3.63) is 131 Å². The maximum atomic E-state index is 15.0. The first-order chi connectivity index (χ1) is 21.0. The second-order valence-electron chi connectivity index (χ2n) is 11.1. The highest BCUT2D eigenvalue weighted by molar-refractivity contribution is 7.92. The summed E-state index contributed by atoms with van der Waals surface area (Å²) in [6.45, 7) is 6.41. The van der Waals surface area contributed by atoms with Gasteiger partial charge in [-0.05, 0) is 68.7 Å². The van der Waals surface area contributed by atoms with E-state index in [1.165, 1.54) is 23.1 Å². The second kappa shape index (κ2) is 14.3. The maximum absolute atomic E-state index is 15.0. The van der Waals surface area contributed by atoms with Gasteiger partial charge in [0.2, 0.25) is 11.8 Å². The van der Waals surface area contributed by atoms with Crippen LogP contribution in [0, 0.1) is 19.7 Å². The van der Waals surface area contributed by atoms with Gasteiger partial charge < -0.3 is 10.2 Å². The number of amides is 2. The summed E-state index contributed by atoms with van der Waals surface area (Å²) in [5.41, 5.74) is 2.82. The van der Waals surface area contributed by atoms with Gasteiger partial charge in [-0.2, -0.15) is 0 Å². The van der Waals surface area contributed by atoms with Crippen molar-refractivity contribution in [2.75, 3.05) is 10.8 Å². The van der Waals surface area contributed by atoms with E-state index >= 15 is 4.39 Å². The monoisotopic (exact) mass is 615 g/mol. The van der Waals surface area contributed by atoms with Crippen LogP contribution in [0.5, 0.6) is 0 Å². The highest BCUT2D eigenvalue weighted by atomic mass is 32.2. The number of anilines is 1. The Kier molecular flexibility index (Phi) is 10.5. The summed E-state index contributed by atoms with van der Waals surface area (Å²) < 4.78 is 44.3. The summed E-state index contributed by atoms with van der Waals surface area (Å²) in [5, 5.41) is 2.90. The maximum Gasteiger partial charge on any atom is 0.264 e. The molecule has 0 heterocycles. The Balaban J connectivity index is 1.84. The van der Waals surface area contributed by atoms with Gasteiger partial charge in [0.05, 0.1) is 10.6 Å². The van der Waals surface area contributed by atoms with Crippen LogP contribution in [0.2, 0.25) is 0 Å². The van der Waals surface area contributed by atoms with Crippen LogP contribution in [0.25, 0.3) is 0 Å². The van der Waals surface area contributed by atoms with Crippen LogP contribution in [0.15, 0.2) is 108 Å². The van der Waals surface area contributed by atoms with Gasteiger partial charge in [-0.3, -0.25) is 13.9 Å². The summed E-state index contributed by atoms with van der Waals surface area (Å²) in [7, 11) is -4.22. The largest absolute Gasteiger partial charge is 0.352 e. The molecule has 2 amide bonds. The van der Waals surface area contributed by atoms with Gasteiger partial charge in [0.15, 0.2) is 0 Å². The number of carbonyl (C=O) groups is 2. The fourth-order valence-electron chi connectivity index (χ4n) is 4.97. The molecule has 1 atom stereocenters. The normalized spacial score (nSPS) is 12.0. The molecule has 4 rings (SSSR count). The Hall–Kier alpha value is -4.50. The van der Waals surface area contributed by atoms with Crippen molar-refractivity contribution >= 4 is 27.5 Å². The second-order valence-corrected chi connectivity index (χ2v) is 13.0. The summed E-state index contributed by atoms with van der Waals surface area (Å²) in [4.78, 5) is 29.5. The Morgan fingerprint density at radius 3 is 2.09 bits per heavy atom. The summed E-state index contributed by atoms with van der Waals surface area (Å²) in [6.07, 6.45) is 0.147. The molecule has 0 saturated carbocycles. The van der Waals surface area contributed by atoms with E-state index in [2.05, 4.69) is 5.32 Å². The number of hydrogen-bond donors (Lipinski definition) is 1.